The van der Waals surface area contributed by atoms with Gasteiger partial charge in [0.05, 0.1) is 0 Å². The van der Waals surface area contributed by atoms with Crippen molar-refractivity contribution in [1.82, 2.24) is 0 Å². The van der Waals surface area contributed by atoms with Gasteiger partial charge in [0.25, 0.3) is 0 Å². The third-order valence-corrected chi connectivity index (χ3v) is 4.17. The molecule has 1 saturated carbocycles. The molecule has 0 aromatic heterocycles. The van der Waals surface area contributed by atoms with Crippen LogP contribution >= 0.6 is 0 Å². The Labute approximate surface area is 152 Å². The van der Waals surface area contributed by atoms with Crippen LogP contribution in [0.2, 0.25) is 0 Å². The number of hydrogen-bond donors (Lipinski definition) is 1. The second-order valence-corrected chi connectivity index (χ2v) is 6.22. The van der Waals surface area contributed by atoms with Crippen LogP contribution in [0.3, 0.4) is 0 Å². The average molecular weight is 361 g/mol. The van der Waals surface area contributed by atoms with E-state index in [4.69, 9.17) is 25.4 Å². The highest BCUT2D eigenvalue weighted by Crippen LogP contribution is 2.26. The van der Waals surface area contributed by atoms with Crippen LogP contribution in [-0.4, -0.2) is 12.2 Å². The zero-order valence-corrected chi connectivity index (χ0v) is 14.6. The Hall–Kier alpha value is -2.32. The zero-order valence-electron chi connectivity index (χ0n) is 14.6. The standard InChI is InChI=1S/C19H23NO6/c1-14-2-4-15(5-3-14)21-22-16-6-8-17(9-7-16)23-24-18-10-12-19(13-11-18)25-26-20/h2-5,10-13,16-17H,6-9,20H2,1H3. The van der Waals surface area contributed by atoms with Gasteiger partial charge in [0.15, 0.2) is 17.2 Å². The van der Waals surface area contributed by atoms with Crippen LogP contribution in [0.5, 0.6) is 17.2 Å². The molecule has 0 spiro atoms. The largest absolute Gasteiger partial charge is 0.337 e. The van der Waals surface area contributed by atoms with E-state index in [1.54, 1.807) is 24.3 Å². The van der Waals surface area contributed by atoms with Gasteiger partial charge in [-0.3, -0.25) is 0 Å². The van der Waals surface area contributed by atoms with Gasteiger partial charge in [0, 0.05) is 0 Å². The number of rotatable bonds is 8. The van der Waals surface area contributed by atoms with Gasteiger partial charge in [0.1, 0.15) is 12.2 Å². The maximum Gasteiger partial charge on any atom is 0.167 e. The van der Waals surface area contributed by atoms with E-state index in [1.807, 2.05) is 31.2 Å². The number of benzene rings is 2. The van der Waals surface area contributed by atoms with Gasteiger partial charge in [-0.05, 0) is 69.0 Å². The molecule has 2 aromatic rings. The zero-order chi connectivity index (χ0) is 18.2. The SMILES string of the molecule is Cc1ccc(OOC2CCC(OOc3ccc(OON)cc3)CC2)cc1. The summed E-state index contributed by atoms with van der Waals surface area (Å²) in [5.41, 5.74) is 1.19. The third kappa shape index (κ3) is 5.60. The van der Waals surface area contributed by atoms with Gasteiger partial charge < -0.3 is 14.7 Å². The molecule has 0 amide bonds. The van der Waals surface area contributed by atoms with Crippen molar-refractivity contribution in [3.63, 3.8) is 0 Å². The molecule has 0 atom stereocenters. The predicted molar refractivity (Wildman–Crippen MR) is 93.0 cm³/mol. The Morgan fingerprint density at radius 3 is 1.46 bits per heavy atom. The molecule has 140 valence electrons. The first-order valence-corrected chi connectivity index (χ1v) is 8.60. The highest BCUT2D eigenvalue weighted by Gasteiger charge is 2.24. The molecule has 1 aliphatic carbocycles. The normalized spacial score (nSPS) is 19.8. The lowest BCUT2D eigenvalue weighted by Crippen LogP contribution is -2.28. The van der Waals surface area contributed by atoms with Crippen molar-refractivity contribution in [3.05, 3.63) is 54.1 Å². The van der Waals surface area contributed by atoms with Gasteiger partial charge in [-0.15, -0.1) is 0 Å². The maximum atomic E-state index is 5.52. The van der Waals surface area contributed by atoms with E-state index in [0.717, 1.165) is 25.7 Å². The maximum absolute atomic E-state index is 5.52. The van der Waals surface area contributed by atoms with Crippen LogP contribution in [0, 0.1) is 6.92 Å². The molecule has 2 aromatic carbocycles. The highest BCUT2D eigenvalue weighted by molar-refractivity contribution is 5.30. The molecule has 7 nitrogen and oxygen atoms in total. The molecule has 3 rings (SSSR count). The summed E-state index contributed by atoms with van der Waals surface area (Å²) in [5, 5.41) is 0. The van der Waals surface area contributed by atoms with E-state index >= 15 is 0 Å². The third-order valence-electron chi connectivity index (χ3n) is 4.17. The lowest BCUT2D eigenvalue weighted by molar-refractivity contribution is -0.280. The van der Waals surface area contributed by atoms with Crippen LogP contribution in [0.1, 0.15) is 31.2 Å². The van der Waals surface area contributed by atoms with Crippen LogP contribution in [0.25, 0.3) is 0 Å². The molecule has 7 heteroatoms. The van der Waals surface area contributed by atoms with Gasteiger partial charge in [-0.2, -0.15) is 15.7 Å². The van der Waals surface area contributed by atoms with Crippen molar-refractivity contribution >= 4 is 0 Å². The molecule has 1 fully saturated rings. The van der Waals surface area contributed by atoms with Gasteiger partial charge in [-0.1, -0.05) is 22.7 Å². The quantitative estimate of drug-likeness (QED) is 0.565. The average Bonchev–Trinajstić information content (AvgIpc) is 2.68. The van der Waals surface area contributed by atoms with E-state index in [1.165, 1.54) is 5.56 Å². The van der Waals surface area contributed by atoms with Crippen molar-refractivity contribution in [1.29, 1.82) is 0 Å². The number of aryl methyl sites for hydroxylation is 1. The Bertz CT molecular complexity index is 653. The summed E-state index contributed by atoms with van der Waals surface area (Å²) >= 11 is 0. The lowest BCUT2D eigenvalue weighted by Gasteiger charge is -2.26. The van der Waals surface area contributed by atoms with E-state index in [0.29, 0.717) is 17.2 Å². The van der Waals surface area contributed by atoms with Gasteiger partial charge in [-0.25, -0.2) is 0 Å². The summed E-state index contributed by atoms with van der Waals surface area (Å²) < 4.78 is 0. The molecule has 2 N–H and O–H groups in total. The smallest absolute Gasteiger partial charge is 0.167 e. The van der Waals surface area contributed by atoms with Crippen molar-refractivity contribution in [2.24, 2.45) is 5.90 Å². The van der Waals surface area contributed by atoms with E-state index in [-0.39, 0.29) is 12.2 Å². The predicted octanol–water partition coefficient (Wildman–Crippen LogP) is 3.81. The van der Waals surface area contributed by atoms with Crippen LogP contribution in [0.15, 0.2) is 48.5 Å². The van der Waals surface area contributed by atoms with Crippen LogP contribution in [-0.2, 0) is 14.8 Å². The molecule has 0 radical (unpaired) electrons. The van der Waals surface area contributed by atoms with E-state index in [9.17, 15) is 0 Å². The van der Waals surface area contributed by atoms with Gasteiger partial charge >= 0.3 is 0 Å². The molecule has 0 saturated heterocycles. The summed E-state index contributed by atoms with van der Waals surface area (Å²) in [6.07, 6.45) is 3.45. The molecule has 26 heavy (non-hydrogen) atoms. The first-order chi connectivity index (χ1) is 12.7. The van der Waals surface area contributed by atoms with Crippen molar-refractivity contribution in [2.75, 3.05) is 0 Å². The molecule has 0 unspecified atom stereocenters. The fraction of sp³-hybridized carbons (Fsp3) is 0.368. The fourth-order valence-corrected chi connectivity index (χ4v) is 2.67. The lowest BCUT2D eigenvalue weighted by atomic mass is 9.95. The Morgan fingerprint density at radius 1 is 0.654 bits per heavy atom. The minimum atomic E-state index is 0.0255. The monoisotopic (exact) mass is 361 g/mol. The highest BCUT2D eigenvalue weighted by atomic mass is 17.3. The van der Waals surface area contributed by atoms with E-state index < -0.39 is 0 Å². The fourth-order valence-electron chi connectivity index (χ4n) is 2.67. The van der Waals surface area contributed by atoms with Crippen molar-refractivity contribution in [2.45, 2.75) is 44.8 Å². The minimum Gasteiger partial charge on any atom is -0.337 e. The molecular weight excluding hydrogens is 338 g/mol. The molecule has 0 bridgehead atoms. The first kappa shape index (κ1) is 18.5. The molecule has 1 aliphatic rings. The van der Waals surface area contributed by atoms with Crippen LogP contribution < -0.4 is 20.6 Å². The molecule has 0 heterocycles. The topological polar surface area (TPSA) is 81.4 Å². The number of hydrogen-bond acceptors (Lipinski definition) is 7. The second kappa shape index (κ2) is 9.40. The van der Waals surface area contributed by atoms with Gasteiger partial charge in [0.2, 0.25) is 0 Å². The summed E-state index contributed by atoms with van der Waals surface area (Å²) in [4.78, 5) is 30.5. The molecule has 0 aliphatic heterocycles. The minimum absolute atomic E-state index is 0.0255. The summed E-state index contributed by atoms with van der Waals surface area (Å²) in [6.45, 7) is 2.03. The number of nitrogens with two attached hydrogens (primary N) is 1. The Kier molecular flexibility index (Phi) is 6.68. The Morgan fingerprint density at radius 2 is 1.04 bits per heavy atom. The Balaban J connectivity index is 1.35. The second-order valence-electron chi connectivity index (χ2n) is 6.22. The molecular formula is C19H23NO6. The van der Waals surface area contributed by atoms with Crippen molar-refractivity contribution < 1.29 is 29.4 Å². The summed E-state index contributed by atoms with van der Waals surface area (Å²) in [6, 6.07) is 14.5. The summed E-state index contributed by atoms with van der Waals surface area (Å²) in [5.74, 6) is 6.60. The van der Waals surface area contributed by atoms with Crippen LogP contribution in [0.4, 0.5) is 0 Å². The summed E-state index contributed by atoms with van der Waals surface area (Å²) in [7, 11) is 0. The van der Waals surface area contributed by atoms with Crippen molar-refractivity contribution in [3.8, 4) is 17.2 Å². The first-order valence-electron chi connectivity index (χ1n) is 8.60. The van der Waals surface area contributed by atoms with E-state index in [2.05, 4.69) is 9.88 Å².